The van der Waals surface area contributed by atoms with Crippen LogP contribution in [0.1, 0.15) is 61.8 Å². The molecule has 6 heterocycles. The zero-order valence-electron chi connectivity index (χ0n) is 34.7. The molecule has 17 heteroatoms. The lowest BCUT2D eigenvalue weighted by molar-refractivity contribution is -0.133. The number of amides is 4. The Hall–Kier alpha value is -3.96. The fourth-order valence-corrected chi connectivity index (χ4v) is 8.28. The Morgan fingerprint density at radius 3 is 1.31 bits per heavy atom. The summed E-state index contributed by atoms with van der Waals surface area (Å²) in [6.07, 6.45) is 3.56. The summed E-state index contributed by atoms with van der Waals surface area (Å²) in [6.45, 7) is 13.6. The molecule has 2 atom stereocenters. The van der Waals surface area contributed by atoms with Crippen LogP contribution in [-0.4, -0.2) is 153 Å². The summed E-state index contributed by atoms with van der Waals surface area (Å²) < 4.78 is 10.8. The van der Waals surface area contributed by atoms with E-state index in [2.05, 4.69) is 35.8 Å². The number of halogens is 2. The van der Waals surface area contributed by atoms with E-state index in [0.29, 0.717) is 38.8 Å². The Kier molecular flexibility index (Phi) is 17.4. The first kappa shape index (κ1) is 47.7. The SMILES string of the molecule is CC1CC(=O)N(CCN2CCOCC2)N=C1c1ccc2c(c1)CCC(=O)N2C.CC1CC(=O)N(CCN2CCOCC2)N=C1c1ccc2c(c1)CCC(=O)N2C.Cl.Cl.O. The molecule has 2 unspecified atom stereocenters. The van der Waals surface area contributed by atoms with Crippen LogP contribution in [0.4, 0.5) is 11.4 Å². The second-order valence-electron chi connectivity index (χ2n) is 15.7. The van der Waals surface area contributed by atoms with E-state index in [1.54, 1.807) is 19.8 Å². The summed E-state index contributed by atoms with van der Waals surface area (Å²) in [6, 6.07) is 12.3. The molecule has 0 saturated carbocycles. The molecule has 0 aliphatic carbocycles. The first-order chi connectivity index (χ1) is 27.0. The van der Waals surface area contributed by atoms with Gasteiger partial charge in [-0.25, -0.2) is 10.0 Å². The summed E-state index contributed by atoms with van der Waals surface area (Å²) in [5, 5.41) is 12.8. The first-order valence-electron chi connectivity index (χ1n) is 20.2. The van der Waals surface area contributed by atoms with Crippen molar-refractivity contribution in [1.82, 2.24) is 19.8 Å². The van der Waals surface area contributed by atoms with E-state index >= 15 is 0 Å². The number of benzene rings is 2. The molecular weight excluding hydrogens is 799 g/mol. The van der Waals surface area contributed by atoms with Crippen LogP contribution in [0, 0.1) is 11.8 Å². The fourth-order valence-electron chi connectivity index (χ4n) is 8.28. The summed E-state index contributed by atoms with van der Waals surface area (Å²) in [7, 11) is 3.65. The van der Waals surface area contributed by atoms with Gasteiger partial charge in [-0.1, -0.05) is 26.0 Å². The van der Waals surface area contributed by atoms with E-state index in [4.69, 9.17) is 19.7 Å². The molecule has 59 heavy (non-hydrogen) atoms. The number of nitrogens with zero attached hydrogens (tertiary/aromatic N) is 8. The zero-order chi connectivity index (χ0) is 39.3. The number of carbonyl (C=O) groups excluding carboxylic acids is 4. The second kappa shape index (κ2) is 21.5. The molecule has 2 aromatic carbocycles. The van der Waals surface area contributed by atoms with Gasteiger partial charge < -0.3 is 24.7 Å². The third-order valence-electron chi connectivity index (χ3n) is 11.8. The van der Waals surface area contributed by atoms with E-state index in [0.717, 1.165) is 112 Å². The van der Waals surface area contributed by atoms with E-state index < -0.39 is 0 Å². The van der Waals surface area contributed by atoms with Gasteiger partial charge in [0.2, 0.25) is 23.6 Å². The third-order valence-corrected chi connectivity index (χ3v) is 11.8. The van der Waals surface area contributed by atoms with Crippen molar-refractivity contribution in [3.8, 4) is 0 Å². The quantitative estimate of drug-likeness (QED) is 0.392. The number of ether oxygens (including phenoxy) is 2. The Morgan fingerprint density at radius 1 is 0.559 bits per heavy atom. The molecule has 0 aromatic heterocycles. The normalized spacial score (nSPS) is 22.4. The average Bonchev–Trinajstić information content (AvgIpc) is 3.21. The number of morpholine rings is 2. The number of rotatable bonds is 8. The second-order valence-corrected chi connectivity index (χ2v) is 15.7. The van der Waals surface area contributed by atoms with Crippen molar-refractivity contribution < 1.29 is 34.1 Å². The highest BCUT2D eigenvalue weighted by atomic mass is 35.5. The Balaban J connectivity index is 0.000000248. The number of hydrogen-bond acceptors (Lipinski definition) is 10. The number of anilines is 2. The summed E-state index contributed by atoms with van der Waals surface area (Å²) >= 11 is 0. The maximum atomic E-state index is 12.5. The van der Waals surface area contributed by atoms with Gasteiger partial charge in [0.25, 0.3) is 0 Å². The van der Waals surface area contributed by atoms with Gasteiger partial charge in [-0.3, -0.25) is 29.0 Å². The molecule has 0 radical (unpaired) electrons. The lowest BCUT2D eigenvalue weighted by Crippen LogP contribution is -2.44. The maximum Gasteiger partial charge on any atom is 0.243 e. The summed E-state index contributed by atoms with van der Waals surface area (Å²) in [5.41, 5.74) is 8.33. The lowest BCUT2D eigenvalue weighted by atomic mass is 9.90. The van der Waals surface area contributed by atoms with Crippen molar-refractivity contribution in [3.63, 3.8) is 0 Å². The van der Waals surface area contributed by atoms with Crippen molar-refractivity contribution in [3.05, 3.63) is 58.7 Å². The third kappa shape index (κ3) is 11.3. The van der Waals surface area contributed by atoms with Crippen molar-refractivity contribution in [2.45, 2.75) is 52.4 Å². The van der Waals surface area contributed by atoms with Gasteiger partial charge in [0.15, 0.2) is 0 Å². The highest BCUT2D eigenvalue weighted by Crippen LogP contribution is 2.31. The molecule has 2 N–H and O–H groups in total. The minimum Gasteiger partial charge on any atom is -0.412 e. The Morgan fingerprint density at radius 2 is 0.932 bits per heavy atom. The van der Waals surface area contributed by atoms with Crippen LogP contribution < -0.4 is 9.80 Å². The minimum atomic E-state index is 0. The van der Waals surface area contributed by atoms with Crippen LogP contribution in [0.25, 0.3) is 0 Å². The number of hydrogen-bond donors (Lipinski definition) is 0. The molecular formula is C42H60Cl2N8O7. The predicted molar refractivity (Wildman–Crippen MR) is 233 cm³/mol. The first-order valence-corrected chi connectivity index (χ1v) is 20.2. The maximum absolute atomic E-state index is 12.5. The molecule has 0 bridgehead atoms. The molecule has 4 amide bonds. The van der Waals surface area contributed by atoms with Crippen LogP contribution in [0.5, 0.6) is 0 Å². The number of carbonyl (C=O) groups is 4. The van der Waals surface area contributed by atoms with Gasteiger partial charge >= 0.3 is 0 Å². The van der Waals surface area contributed by atoms with Crippen LogP contribution in [-0.2, 0) is 41.5 Å². The van der Waals surface area contributed by atoms with Crippen LogP contribution in [0.3, 0.4) is 0 Å². The molecule has 15 nitrogen and oxygen atoms in total. The van der Waals surface area contributed by atoms with Crippen molar-refractivity contribution in [1.29, 1.82) is 0 Å². The topological polar surface area (TPSA) is 162 Å². The van der Waals surface area contributed by atoms with E-state index in [1.807, 2.05) is 38.4 Å². The summed E-state index contributed by atoms with van der Waals surface area (Å²) in [4.78, 5) is 56.9. The zero-order valence-corrected chi connectivity index (χ0v) is 36.3. The van der Waals surface area contributed by atoms with Gasteiger partial charge in [0, 0.05) is 102 Å². The predicted octanol–water partition coefficient (Wildman–Crippen LogP) is 3.02. The van der Waals surface area contributed by atoms with Gasteiger partial charge in [0.05, 0.1) is 50.9 Å². The van der Waals surface area contributed by atoms with Crippen LogP contribution >= 0.6 is 24.8 Å². The highest BCUT2D eigenvalue weighted by Gasteiger charge is 2.31. The Bertz CT molecular complexity index is 1750. The molecule has 8 rings (SSSR count). The van der Waals surface area contributed by atoms with Crippen molar-refractivity contribution >= 4 is 71.2 Å². The largest absolute Gasteiger partial charge is 0.412 e. The van der Waals surface area contributed by atoms with Crippen LogP contribution in [0.2, 0.25) is 0 Å². The minimum absolute atomic E-state index is 0. The molecule has 2 fully saturated rings. The average molecular weight is 860 g/mol. The van der Waals surface area contributed by atoms with Gasteiger partial charge in [-0.2, -0.15) is 10.2 Å². The molecule has 2 saturated heterocycles. The Labute approximate surface area is 359 Å². The van der Waals surface area contributed by atoms with Crippen molar-refractivity contribution in [2.75, 3.05) is 103 Å². The smallest absolute Gasteiger partial charge is 0.243 e. The summed E-state index contributed by atoms with van der Waals surface area (Å²) in [5.74, 6) is 0.675. The van der Waals surface area contributed by atoms with Crippen LogP contribution in [0.15, 0.2) is 46.6 Å². The molecule has 6 aliphatic rings. The van der Waals surface area contributed by atoms with E-state index in [9.17, 15) is 19.2 Å². The number of fused-ring (bicyclic) bond motifs is 2. The van der Waals surface area contributed by atoms with E-state index in [-0.39, 0.29) is 65.8 Å². The van der Waals surface area contributed by atoms with Gasteiger partial charge in [-0.05, 0) is 59.4 Å². The fraction of sp³-hybridized carbons (Fsp3) is 0.571. The van der Waals surface area contributed by atoms with E-state index in [1.165, 1.54) is 11.1 Å². The highest BCUT2D eigenvalue weighted by molar-refractivity contribution is 6.07. The van der Waals surface area contributed by atoms with Crippen molar-refractivity contribution in [2.24, 2.45) is 22.0 Å². The van der Waals surface area contributed by atoms with Gasteiger partial charge in [0.1, 0.15) is 0 Å². The molecule has 2 aromatic rings. The molecule has 6 aliphatic heterocycles. The lowest BCUT2D eigenvalue weighted by Gasteiger charge is -2.32. The monoisotopic (exact) mass is 858 g/mol. The van der Waals surface area contributed by atoms with Gasteiger partial charge in [-0.15, -0.1) is 24.8 Å². The molecule has 324 valence electrons. The standard InChI is InChI=1S/2C21H28N4O3.2ClH.H2O/c2*1-15-13-20(27)25(8-7-24-9-11-28-12-10-24)22-21(15)17-3-5-18-16(14-17)4-6-19(26)23(18)2;;;/h2*3,5,14-15H,4,6-13H2,1-2H3;2*1H;1H2. The number of hydrazone groups is 2. The molecule has 0 spiro atoms. The number of aryl methyl sites for hydroxylation is 2.